The van der Waals surface area contributed by atoms with Crippen LogP contribution < -0.4 is 15.4 Å². The summed E-state index contributed by atoms with van der Waals surface area (Å²) in [6, 6.07) is 2.91. The number of nitrogens with zero attached hydrogens (tertiary/aromatic N) is 3. The number of Topliss-reactive ketones (excluding diaryl/α,β-unsaturated/α-hetero) is 1. The third kappa shape index (κ3) is 8.67. The van der Waals surface area contributed by atoms with E-state index in [-0.39, 0.29) is 30.8 Å². The SMILES string of the molecule is COc1ccc(-c2ncno2)cc1CC(=O)NC(C(=O)NC(CC(=O)O)C(=O)CN(C)C(C)C)C(C)C. The van der Waals surface area contributed by atoms with E-state index >= 15 is 0 Å². The molecule has 2 atom stereocenters. The second-order valence-corrected chi connectivity index (χ2v) is 9.37. The van der Waals surface area contributed by atoms with Gasteiger partial charge in [-0.2, -0.15) is 4.98 Å². The topological polar surface area (TPSA) is 164 Å². The standard InChI is InChI=1S/C25H35N5O7/c1-14(2)23(24(35)28-18(11-22(33)34)19(31)12-30(5)15(3)4)29-21(32)10-17-9-16(7-8-20(17)36-6)25-26-13-27-37-25/h7-9,13-15,18,23H,10-12H2,1-6H3,(H,28,35)(H,29,32)(H,33,34). The Morgan fingerprint density at radius 3 is 2.38 bits per heavy atom. The average molecular weight is 518 g/mol. The van der Waals surface area contributed by atoms with Crippen LogP contribution in [0.15, 0.2) is 29.0 Å². The van der Waals surface area contributed by atoms with Gasteiger partial charge >= 0.3 is 5.97 Å². The van der Waals surface area contributed by atoms with Crippen LogP contribution in [0.5, 0.6) is 5.75 Å². The van der Waals surface area contributed by atoms with E-state index in [0.29, 0.717) is 16.9 Å². The number of likely N-dealkylation sites (N-methyl/N-ethyl adjacent to an activating group) is 1. The van der Waals surface area contributed by atoms with Gasteiger partial charge in [-0.05, 0) is 45.0 Å². The molecular weight excluding hydrogens is 482 g/mol. The number of hydrogen-bond acceptors (Lipinski definition) is 9. The number of nitrogens with one attached hydrogen (secondary N) is 2. The van der Waals surface area contributed by atoms with Crippen LogP contribution in [0.3, 0.4) is 0 Å². The van der Waals surface area contributed by atoms with E-state index in [2.05, 4.69) is 20.8 Å². The maximum atomic E-state index is 13.1. The molecule has 0 saturated carbocycles. The molecule has 0 radical (unpaired) electrons. The molecule has 3 N–H and O–H groups in total. The highest BCUT2D eigenvalue weighted by Gasteiger charge is 2.30. The normalized spacial score (nSPS) is 12.9. The van der Waals surface area contributed by atoms with Gasteiger partial charge in [0.15, 0.2) is 12.1 Å². The smallest absolute Gasteiger partial charge is 0.305 e. The van der Waals surface area contributed by atoms with Crippen molar-refractivity contribution in [3.63, 3.8) is 0 Å². The molecule has 1 aromatic carbocycles. The number of amides is 2. The molecule has 12 heteroatoms. The van der Waals surface area contributed by atoms with Crippen molar-refractivity contribution in [2.45, 2.75) is 58.7 Å². The van der Waals surface area contributed by atoms with E-state index in [1.165, 1.54) is 13.4 Å². The van der Waals surface area contributed by atoms with Crippen molar-refractivity contribution in [1.82, 2.24) is 25.7 Å². The molecule has 2 rings (SSSR count). The Kier molecular flexibility index (Phi) is 10.7. The summed E-state index contributed by atoms with van der Waals surface area (Å²) in [6.45, 7) is 7.25. The van der Waals surface area contributed by atoms with Crippen molar-refractivity contribution in [3.8, 4) is 17.2 Å². The largest absolute Gasteiger partial charge is 0.496 e. The number of rotatable bonds is 14. The number of carboxylic acids is 1. The minimum Gasteiger partial charge on any atom is -0.496 e. The first kappa shape index (κ1) is 29.4. The quantitative estimate of drug-likeness (QED) is 0.333. The lowest BCUT2D eigenvalue weighted by Gasteiger charge is -2.26. The van der Waals surface area contributed by atoms with Crippen molar-refractivity contribution in [2.75, 3.05) is 20.7 Å². The van der Waals surface area contributed by atoms with Crippen molar-refractivity contribution >= 4 is 23.6 Å². The number of benzene rings is 1. The van der Waals surface area contributed by atoms with Crippen LogP contribution in [0, 0.1) is 5.92 Å². The van der Waals surface area contributed by atoms with Crippen LogP contribution >= 0.6 is 0 Å². The summed E-state index contributed by atoms with van der Waals surface area (Å²) in [5.74, 6) is -2.34. The van der Waals surface area contributed by atoms with E-state index in [0.717, 1.165) is 0 Å². The zero-order valence-electron chi connectivity index (χ0n) is 22.0. The number of aromatic nitrogens is 2. The molecule has 0 aliphatic heterocycles. The van der Waals surface area contributed by atoms with Gasteiger partial charge in [-0.25, -0.2) is 0 Å². The summed E-state index contributed by atoms with van der Waals surface area (Å²) >= 11 is 0. The minimum absolute atomic E-state index is 0.0230. The van der Waals surface area contributed by atoms with E-state index in [4.69, 9.17) is 9.26 Å². The van der Waals surface area contributed by atoms with Crippen LogP contribution in [-0.2, 0) is 25.6 Å². The highest BCUT2D eigenvalue weighted by molar-refractivity contribution is 5.95. The van der Waals surface area contributed by atoms with Gasteiger partial charge in [0.1, 0.15) is 11.8 Å². The van der Waals surface area contributed by atoms with Crippen LogP contribution in [-0.4, -0.2) is 82.5 Å². The molecule has 0 aliphatic carbocycles. The van der Waals surface area contributed by atoms with E-state index in [1.54, 1.807) is 44.0 Å². The molecule has 2 aromatic rings. The predicted molar refractivity (Wildman–Crippen MR) is 134 cm³/mol. The number of ketones is 1. The van der Waals surface area contributed by atoms with Gasteiger partial charge in [0.2, 0.25) is 11.8 Å². The summed E-state index contributed by atoms with van der Waals surface area (Å²) in [5, 5.41) is 18.1. The van der Waals surface area contributed by atoms with Gasteiger partial charge in [-0.1, -0.05) is 19.0 Å². The number of carbonyl (C=O) groups is 4. The number of carbonyl (C=O) groups excluding carboxylic acids is 3. The summed E-state index contributed by atoms with van der Waals surface area (Å²) < 4.78 is 10.4. The molecule has 0 spiro atoms. The Labute approximate surface area is 215 Å². The van der Waals surface area contributed by atoms with Gasteiger partial charge in [0.25, 0.3) is 5.89 Å². The Hall–Kier alpha value is -3.80. The molecule has 202 valence electrons. The predicted octanol–water partition coefficient (Wildman–Crippen LogP) is 1.30. The van der Waals surface area contributed by atoms with E-state index in [1.807, 2.05) is 13.8 Å². The maximum Gasteiger partial charge on any atom is 0.305 e. The van der Waals surface area contributed by atoms with Gasteiger partial charge in [-0.15, -0.1) is 0 Å². The van der Waals surface area contributed by atoms with Crippen LogP contribution in [0.2, 0.25) is 0 Å². The number of methoxy groups -OCH3 is 1. The molecule has 12 nitrogen and oxygen atoms in total. The third-order valence-electron chi connectivity index (χ3n) is 5.88. The molecule has 37 heavy (non-hydrogen) atoms. The lowest BCUT2D eigenvalue weighted by atomic mass is 10.0. The second kappa shape index (κ2) is 13.5. The zero-order chi connectivity index (χ0) is 27.7. The van der Waals surface area contributed by atoms with Crippen LogP contribution in [0.1, 0.15) is 39.7 Å². The van der Waals surface area contributed by atoms with Gasteiger partial charge < -0.3 is 25.0 Å². The third-order valence-corrected chi connectivity index (χ3v) is 5.88. The molecule has 0 bridgehead atoms. The summed E-state index contributed by atoms with van der Waals surface area (Å²) in [4.78, 5) is 55.9. The van der Waals surface area contributed by atoms with Crippen LogP contribution in [0.25, 0.3) is 11.5 Å². The van der Waals surface area contributed by atoms with E-state index in [9.17, 15) is 24.3 Å². The summed E-state index contributed by atoms with van der Waals surface area (Å²) in [6.07, 6.45) is 0.592. The van der Waals surface area contributed by atoms with Gasteiger partial charge in [0, 0.05) is 17.2 Å². The van der Waals surface area contributed by atoms with Crippen LogP contribution in [0.4, 0.5) is 0 Å². The summed E-state index contributed by atoms with van der Waals surface area (Å²) in [7, 11) is 3.21. The first-order valence-electron chi connectivity index (χ1n) is 11.9. The highest BCUT2D eigenvalue weighted by atomic mass is 16.5. The molecule has 2 unspecified atom stereocenters. The molecule has 1 aromatic heterocycles. The number of aliphatic carboxylic acids is 1. The second-order valence-electron chi connectivity index (χ2n) is 9.37. The Bertz CT molecular complexity index is 1090. The molecule has 1 heterocycles. The Morgan fingerprint density at radius 1 is 1.14 bits per heavy atom. The number of hydrogen-bond donors (Lipinski definition) is 3. The molecule has 0 aliphatic rings. The fraction of sp³-hybridized carbons (Fsp3) is 0.520. The number of ether oxygens (including phenoxy) is 1. The van der Waals surface area contributed by atoms with Crippen molar-refractivity contribution < 1.29 is 33.5 Å². The highest BCUT2D eigenvalue weighted by Crippen LogP contribution is 2.26. The molecule has 0 fully saturated rings. The first-order chi connectivity index (χ1) is 17.4. The lowest BCUT2D eigenvalue weighted by Crippen LogP contribution is -2.55. The fourth-order valence-electron chi connectivity index (χ4n) is 3.50. The van der Waals surface area contributed by atoms with Crippen molar-refractivity contribution in [3.05, 3.63) is 30.1 Å². The maximum absolute atomic E-state index is 13.1. The molecule has 0 saturated heterocycles. The Morgan fingerprint density at radius 2 is 1.84 bits per heavy atom. The molecule has 2 amide bonds. The van der Waals surface area contributed by atoms with Gasteiger partial charge in [0.05, 0.1) is 32.5 Å². The van der Waals surface area contributed by atoms with Gasteiger partial charge in [-0.3, -0.25) is 24.1 Å². The van der Waals surface area contributed by atoms with Crippen molar-refractivity contribution in [1.29, 1.82) is 0 Å². The minimum atomic E-state index is -1.23. The van der Waals surface area contributed by atoms with E-state index < -0.39 is 42.1 Å². The fourth-order valence-corrected chi connectivity index (χ4v) is 3.50. The molecular formula is C25H35N5O7. The average Bonchev–Trinajstić information content (AvgIpc) is 3.36. The first-order valence-corrected chi connectivity index (χ1v) is 11.9. The monoisotopic (exact) mass is 517 g/mol. The summed E-state index contributed by atoms with van der Waals surface area (Å²) in [5.41, 5.74) is 1.13. The lowest BCUT2D eigenvalue weighted by molar-refractivity contribution is -0.141. The Balaban J connectivity index is 2.15. The number of carboxylic acid groups (broad SMARTS) is 1. The zero-order valence-corrected chi connectivity index (χ0v) is 22.0. The van der Waals surface area contributed by atoms with Crippen molar-refractivity contribution in [2.24, 2.45) is 5.92 Å².